The summed E-state index contributed by atoms with van der Waals surface area (Å²) in [6.07, 6.45) is 0. The van der Waals surface area contributed by atoms with Gasteiger partial charge in [-0.3, -0.25) is 0 Å². The zero-order chi connectivity index (χ0) is 4.50. The van der Waals surface area contributed by atoms with Crippen molar-refractivity contribution in [1.82, 2.24) is 18.5 Å². The second kappa shape index (κ2) is 8.19. The molecule has 0 fully saturated rings. The molecule has 12 N–H and O–H groups in total. The van der Waals surface area contributed by atoms with E-state index in [1.165, 1.54) is 0 Å². The zero-order valence-electron chi connectivity index (χ0n) is 5.08. The molecule has 8 heteroatoms. The Morgan fingerprint density at radius 1 is 1.12 bits per heavy atom. The average Bonchev–Trinajstić information content (AvgIpc) is 0.722. The molecule has 0 spiro atoms. The van der Waals surface area contributed by atoms with Crippen LogP contribution in [0.5, 0.6) is 0 Å². The Hall–Kier alpha value is 1.19. The first-order valence-corrected chi connectivity index (χ1v) is 5.48. The molecule has 4 nitrogen and oxygen atoms in total. The van der Waals surface area contributed by atoms with Gasteiger partial charge in [-0.05, 0) is 0 Å². The fourth-order valence-corrected chi connectivity index (χ4v) is 0. The van der Waals surface area contributed by atoms with Gasteiger partial charge in [0.1, 0.15) is 0 Å². The minimum atomic E-state index is -2.89. The van der Waals surface area contributed by atoms with Crippen LogP contribution in [-0.4, -0.2) is 0 Å². The molecule has 0 aliphatic rings. The summed E-state index contributed by atoms with van der Waals surface area (Å²) in [7, 11) is 0. The SMILES string of the molecule is [NH4+].[NH4+].[NH4+].[O-]P(=S)([S-])[S-]. The van der Waals surface area contributed by atoms with Crippen LogP contribution in [0.1, 0.15) is 0 Å². The summed E-state index contributed by atoms with van der Waals surface area (Å²) in [5.74, 6) is 0. The van der Waals surface area contributed by atoms with E-state index in [4.69, 9.17) is 0 Å². The van der Waals surface area contributed by atoms with E-state index in [-0.39, 0.29) is 18.5 Å². The zero-order valence-corrected chi connectivity index (χ0v) is 8.42. The standard InChI is InChI=1S/3H3N.H3OPS3/c;;;1-2(3,4)5/h3*1H3;(H3,1,3,4,5). The third-order valence-electron chi connectivity index (χ3n) is 0. The normalized spacial score (nSPS) is 7.38. The summed E-state index contributed by atoms with van der Waals surface area (Å²) in [5, 5.41) is 0. The first kappa shape index (κ1) is 22.9. The van der Waals surface area contributed by atoms with E-state index >= 15 is 0 Å². The minimum Gasteiger partial charge on any atom is -0.856 e. The fraction of sp³-hybridized carbons (Fsp3) is 0. The van der Waals surface area contributed by atoms with Gasteiger partial charge in [-0.25, -0.2) is 0 Å². The van der Waals surface area contributed by atoms with E-state index in [2.05, 4.69) is 36.3 Å². The van der Waals surface area contributed by atoms with Crippen molar-refractivity contribution in [2.45, 2.75) is 0 Å². The molecule has 0 aliphatic carbocycles. The van der Waals surface area contributed by atoms with Gasteiger partial charge in [0, 0.05) is 0 Å². The van der Waals surface area contributed by atoms with Gasteiger partial charge in [-0.15, -0.1) is 0 Å². The Morgan fingerprint density at radius 3 is 1.12 bits per heavy atom. The van der Waals surface area contributed by atoms with E-state index in [0.29, 0.717) is 0 Å². The lowest BCUT2D eigenvalue weighted by molar-refractivity contribution is -0.148. The van der Waals surface area contributed by atoms with E-state index in [1.54, 1.807) is 0 Å². The predicted molar refractivity (Wildman–Crippen MR) is 47.0 cm³/mol. The number of quaternary nitrogens is 3. The van der Waals surface area contributed by atoms with Crippen LogP contribution >= 0.6 is 4.67 Å². The Kier molecular flexibility index (Phi) is 23.4. The van der Waals surface area contributed by atoms with Gasteiger partial charge in [0.05, 0.1) is 0 Å². The lowest BCUT2D eigenvalue weighted by atomic mass is 14.0. The van der Waals surface area contributed by atoms with Crippen molar-refractivity contribution < 1.29 is 4.89 Å². The molecule has 56 valence electrons. The van der Waals surface area contributed by atoms with E-state index in [0.717, 1.165) is 0 Å². The van der Waals surface area contributed by atoms with Crippen LogP contribution in [0, 0.1) is 0 Å². The molecule has 0 bridgehead atoms. The quantitative estimate of drug-likeness (QED) is 0.391. The number of hydrogen-bond acceptors (Lipinski definition) is 4. The summed E-state index contributed by atoms with van der Waals surface area (Å²) >= 11 is 12.0. The molecule has 0 aliphatic heterocycles. The summed E-state index contributed by atoms with van der Waals surface area (Å²) in [6, 6.07) is 0. The maximum atomic E-state index is 9.66. The monoisotopic (exact) mass is 197 g/mol. The molecule has 0 unspecified atom stereocenters. The Balaban J connectivity index is -0.0000000267. The molecular formula is H12N3OPS3. The number of rotatable bonds is 0. The molecule has 8 heavy (non-hydrogen) atoms. The molecule has 0 saturated carbocycles. The second-order valence-electron chi connectivity index (χ2n) is 0.447. The topological polar surface area (TPSA) is 133 Å². The van der Waals surface area contributed by atoms with Gasteiger partial charge in [0.25, 0.3) is 0 Å². The van der Waals surface area contributed by atoms with Crippen molar-refractivity contribution in [1.29, 1.82) is 0 Å². The third kappa shape index (κ3) is 195. The minimum absolute atomic E-state index is 0. The fourth-order valence-electron chi connectivity index (χ4n) is 0. The summed E-state index contributed by atoms with van der Waals surface area (Å²) < 4.78 is -2.89. The Labute approximate surface area is 64.6 Å². The Bertz CT molecular complexity index is 60.7. The van der Waals surface area contributed by atoms with Gasteiger partial charge in [-0.1, -0.05) is 0 Å². The molecule has 0 aromatic rings. The highest BCUT2D eigenvalue weighted by Gasteiger charge is 1.33. The van der Waals surface area contributed by atoms with Crippen LogP contribution in [0.15, 0.2) is 0 Å². The molecule has 0 saturated heterocycles. The lowest BCUT2D eigenvalue weighted by Gasteiger charge is -2.45. The summed E-state index contributed by atoms with van der Waals surface area (Å²) in [5.41, 5.74) is 0. The van der Waals surface area contributed by atoms with Gasteiger partial charge in [0.2, 0.25) is 0 Å². The van der Waals surface area contributed by atoms with E-state index in [1.807, 2.05) is 0 Å². The molecule has 0 heterocycles. The highest BCUT2D eigenvalue weighted by Crippen LogP contribution is 2.26. The first-order valence-electron chi connectivity index (χ1n) is 0.730. The number of hydrogen-bond donors (Lipinski definition) is 3. The first-order chi connectivity index (χ1) is 2.00. The Morgan fingerprint density at radius 2 is 1.12 bits per heavy atom. The highest BCUT2D eigenvalue weighted by atomic mass is 33.2. The molecule has 0 rings (SSSR count). The van der Waals surface area contributed by atoms with Gasteiger partial charge in [-0.2, -0.15) is 11.8 Å². The van der Waals surface area contributed by atoms with Gasteiger partial charge >= 0.3 is 0 Å². The van der Waals surface area contributed by atoms with E-state index < -0.39 is 4.67 Å². The average molecular weight is 197 g/mol. The lowest BCUT2D eigenvalue weighted by Crippen LogP contribution is -1.89. The molecule has 0 aromatic heterocycles. The summed E-state index contributed by atoms with van der Waals surface area (Å²) in [6.45, 7) is 0. The van der Waals surface area contributed by atoms with Crippen molar-refractivity contribution in [3.8, 4) is 0 Å². The van der Waals surface area contributed by atoms with E-state index in [9.17, 15) is 4.89 Å². The highest BCUT2D eigenvalue weighted by molar-refractivity contribution is 8.79. The molecule has 0 aromatic carbocycles. The van der Waals surface area contributed by atoms with Crippen molar-refractivity contribution in [2.24, 2.45) is 0 Å². The van der Waals surface area contributed by atoms with Gasteiger partial charge in [0.15, 0.2) is 0 Å². The molecule has 0 amide bonds. The largest absolute Gasteiger partial charge is 0.856 e. The smallest absolute Gasteiger partial charge is 0.168 e. The molecule has 0 radical (unpaired) electrons. The molecular weight excluding hydrogens is 185 g/mol. The van der Waals surface area contributed by atoms with Gasteiger partial charge < -0.3 is 52.5 Å². The second-order valence-corrected chi connectivity index (χ2v) is 8.05. The maximum Gasteiger partial charge on any atom is -0.168 e. The van der Waals surface area contributed by atoms with Crippen molar-refractivity contribution >= 4 is 41.0 Å². The van der Waals surface area contributed by atoms with Crippen molar-refractivity contribution in [3.63, 3.8) is 0 Å². The maximum absolute atomic E-state index is 9.66. The van der Waals surface area contributed by atoms with Crippen LogP contribution in [0.25, 0.3) is 0 Å². The van der Waals surface area contributed by atoms with Crippen LogP contribution in [0.3, 0.4) is 0 Å². The van der Waals surface area contributed by atoms with Crippen molar-refractivity contribution in [3.05, 3.63) is 0 Å². The van der Waals surface area contributed by atoms with Crippen LogP contribution in [-0.2, 0) is 36.3 Å². The third-order valence-corrected chi connectivity index (χ3v) is 0. The van der Waals surface area contributed by atoms with Crippen LogP contribution in [0.4, 0.5) is 0 Å². The van der Waals surface area contributed by atoms with Crippen LogP contribution in [0.2, 0.25) is 0 Å². The predicted octanol–water partition coefficient (Wildman–Crippen LogP) is 0.794. The van der Waals surface area contributed by atoms with Crippen molar-refractivity contribution in [2.75, 3.05) is 0 Å². The van der Waals surface area contributed by atoms with Crippen LogP contribution < -0.4 is 23.3 Å². The summed E-state index contributed by atoms with van der Waals surface area (Å²) in [4.78, 5) is 9.66. The molecule has 0 atom stereocenters.